The molecule has 0 aliphatic carbocycles. The maximum Gasteiger partial charge on any atom is 0.345 e. The summed E-state index contributed by atoms with van der Waals surface area (Å²) in [7, 11) is 0. The molecule has 0 aliphatic rings. The van der Waals surface area contributed by atoms with Gasteiger partial charge in [-0.1, -0.05) is 24.3 Å². The van der Waals surface area contributed by atoms with Gasteiger partial charge in [-0.05, 0) is 49.2 Å². The van der Waals surface area contributed by atoms with E-state index in [0.29, 0.717) is 16.8 Å². The number of hydrogen-bond acceptors (Lipinski definition) is 4. The van der Waals surface area contributed by atoms with Crippen LogP contribution in [0.25, 0.3) is 0 Å². The maximum atomic E-state index is 12.6. The summed E-state index contributed by atoms with van der Waals surface area (Å²) >= 11 is 0. The summed E-state index contributed by atoms with van der Waals surface area (Å²) in [5.74, 6) is -1.01. The van der Waals surface area contributed by atoms with E-state index in [9.17, 15) is 9.59 Å². The lowest BCUT2D eigenvalue weighted by Gasteiger charge is -2.14. The number of primary amides is 1. The van der Waals surface area contributed by atoms with Crippen molar-refractivity contribution in [3.63, 3.8) is 0 Å². The van der Waals surface area contributed by atoms with E-state index in [1.807, 2.05) is 44.2 Å². The molecule has 0 spiro atoms. The standard InChI is InChI=1S/C22H21N3O3/c1-15-7-5-11-19(16(15)2)24-20-10-4-3-9-18(20)22(27)28-14-25-12-6-8-17(13-25)21(23)26/h3-13H,14H2,1-2H3,(H2-,23,24,26,27)/p+1. The quantitative estimate of drug-likeness (QED) is 0.511. The van der Waals surface area contributed by atoms with Crippen molar-refractivity contribution in [3.05, 3.63) is 89.2 Å². The summed E-state index contributed by atoms with van der Waals surface area (Å²) in [6.45, 7) is 4.04. The maximum absolute atomic E-state index is 12.6. The number of carbonyl (C=O) groups excluding carboxylic acids is 2. The number of anilines is 2. The van der Waals surface area contributed by atoms with E-state index in [0.717, 1.165) is 16.8 Å². The van der Waals surface area contributed by atoms with Crippen molar-refractivity contribution in [1.82, 2.24) is 0 Å². The first kappa shape index (κ1) is 19.1. The molecule has 0 unspecified atom stereocenters. The van der Waals surface area contributed by atoms with Crippen molar-refractivity contribution in [2.45, 2.75) is 20.6 Å². The molecule has 0 bridgehead atoms. The molecule has 142 valence electrons. The second-order valence-electron chi connectivity index (χ2n) is 6.45. The summed E-state index contributed by atoms with van der Waals surface area (Å²) in [5, 5.41) is 3.32. The molecule has 3 rings (SSSR count). The molecule has 0 fully saturated rings. The number of nitrogens with two attached hydrogens (primary N) is 1. The fourth-order valence-corrected chi connectivity index (χ4v) is 2.76. The number of nitrogens with zero attached hydrogens (tertiary/aromatic N) is 1. The molecule has 1 aromatic heterocycles. The average Bonchev–Trinajstić information content (AvgIpc) is 2.70. The Balaban J connectivity index is 1.77. The van der Waals surface area contributed by atoms with E-state index in [4.69, 9.17) is 10.5 Å². The second-order valence-corrected chi connectivity index (χ2v) is 6.45. The second kappa shape index (κ2) is 8.35. The van der Waals surface area contributed by atoms with E-state index >= 15 is 0 Å². The third kappa shape index (κ3) is 4.35. The molecule has 0 radical (unpaired) electrons. The predicted octanol–water partition coefficient (Wildman–Crippen LogP) is 3.25. The van der Waals surface area contributed by atoms with Gasteiger partial charge in [0.1, 0.15) is 5.56 Å². The van der Waals surface area contributed by atoms with E-state index in [2.05, 4.69) is 5.32 Å². The third-order valence-electron chi connectivity index (χ3n) is 4.51. The Bertz CT molecular complexity index is 1030. The Hall–Kier alpha value is -3.67. The fourth-order valence-electron chi connectivity index (χ4n) is 2.76. The largest absolute Gasteiger partial charge is 0.401 e. The van der Waals surface area contributed by atoms with Crippen LogP contribution in [0.4, 0.5) is 11.4 Å². The summed E-state index contributed by atoms with van der Waals surface area (Å²) < 4.78 is 7.00. The topological polar surface area (TPSA) is 85.3 Å². The minimum atomic E-state index is -0.538. The van der Waals surface area contributed by atoms with Gasteiger partial charge in [0.05, 0.1) is 11.3 Å². The Kier molecular flexibility index (Phi) is 5.69. The number of amides is 1. The minimum absolute atomic E-state index is 0.0300. The van der Waals surface area contributed by atoms with Crippen LogP contribution in [0.3, 0.4) is 0 Å². The Morgan fingerprint density at radius 3 is 2.54 bits per heavy atom. The zero-order valence-corrected chi connectivity index (χ0v) is 15.8. The lowest BCUT2D eigenvalue weighted by atomic mass is 10.1. The molecule has 0 saturated carbocycles. The van der Waals surface area contributed by atoms with Crippen molar-refractivity contribution >= 4 is 23.3 Å². The SMILES string of the molecule is Cc1cccc(Nc2ccccc2C(=O)OC[n+]2cccc(C(N)=O)c2)c1C. The number of aromatic nitrogens is 1. The van der Waals surface area contributed by atoms with Crippen molar-refractivity contribution in [2.75, 3.05) is 5.32 Å². The first-order valence-electron chi connectivity index (χ1n) is 8.84. The number of esters is 1. The van der Waals surface area contributed by atoms with Gasteiger partial charge in [-0.3, -0.25) is 4.79 Å². The first-order chi connectivity index (χ1) is 13.5. The Labute approximate surface area is 163 Å². The predicted molar refractivity (Wildman–Crippen MR) is 106 cm³/mol. The van der Waals surface area contributed by atoms with Crippen LogP contribution in [0, 0.1) is 13.8 Å². The van der Waals surface area contributed by atoms with Gasteiger partial charge in [0.15, 0.2) is 12.4 Å². The molecule has 0 aliphatic heterocycles. The lowest BCUT2D eigenvalue weighted by Crippen LogP contribution is -2.36. The molecule has 6 nitrogen and oxygen atoms in total. The van der Waals surface area contributed by atoms with Gasteiger partial charge < -0.3 is 15.8 Å². The number of ether oxygens (including phenoxy) is 1. The molecular weight excluding hydrogens is 354 g/mol. The Morgan fingerprint density at radius 2 is 1.75 bits per heavy atom. The van der Waals surface area contributed by atoms with Crippen molar-refractivity contribution in [1.29, 1.82) is 0 Å². The highest BCUT2D eigenvalue weighted by Gasteiger charge is 2.16. The Morgan fingerprint density at radius 1 is 1.00 bits per heavy atom. The first-order valence-corrected chi connectivity index (χ1v) is 8.84. The van der Waals surface area contributed by atoms with Crippen LogP contribution < -0.4 is 15.6 Å². The summed E-state index contributed by atoms with van der Waals surface area (Å²) in [6, 6.07) is 16.4. The molecule has 3 aromatic rings. The van der Waals surface area contributed by atoms with Crippen LogP contribution in [-0.2, 0) is 11.5 Å². The van der Waals surface area contributed by atoms with Crippen molar-refractivity contribution in [2.24, 2.45) is 5.73 Å². The van der Waals surface area contributed by atoms with Crippen molar-refractivity contribution < 1.29 is 18.9 Å². The number of rotatable bonds is 6. The highest BCUT2D eigenvalue weighted by Crippen LogP contribution is 2.25. The summed E-state index contributed by atoms with van der Waals surface area (Å²) in [5.41, 5.74) is 9.92. The molecule has 28 heavy (non-hydrogen) atoms. The van der Waals surface area contributed by atoms with E-state index in [1.54, 1.807) is 35.0 Å². The van der Waals surface area contributed by atoms with Crippen LogP contribution >= 0.6 is 0 Å². The molecular formula is C22H22N3O3+. The van der Waals surface area contributed by atoms with Crippen molar-refractivity contribution in [3.8, 4) is 0 Å². The summed E-state index contributed by atoms with van der Waals surface area (Å²) in [4.78, 5) is 23.9. The molecule has 1 heterocycles. The molecule has 0 saturated heterocycles. The van der Waals surface area contributed by atoms with Gasteiger partial charge in [0.25, 0.3) is 12.6 Å². The number of hydrogen-bond donors (Lipinski definition) is 2. The highest BCUT2D eigenvalue weighted by molar-refractivity contribution is 5.96. The zero-order chi connectivity index (χ0) is 20.1. The number of nitrogens with one attached hydrogen (secondary N) is 1. The van der Waals surface area contributed by atoms with Crippen LogP contribution in [0.1, 0.15) is 31.8 Å². The van der Waals surface area contributed by atoms with E-state index in [-0.39, 0.29) is 6.73 Å². The van der Waals surface area contributed by atoms with Gasteiger partial charge in [0, 0.05) is 11.8 Å². The van der Waals surface area contributed by atoms with Gasteiger partial charge in [-0.15, -0.1) is 0 Å². The van der Waals surface area contributed by atoms with E-state index in [1.165, 1.54) is 6.20 Å². The van der Waals surface area contributed by atoms with Gasteiger partial charge >= 0.3 is 5.97 Å². The number of pyridine rings is 1. The number of carbonyl (C=O) groups is 2. The summed E-state index contributed by atoms with van der Waals surface area (Å²) in [6.07, 6.45) is 3.23. The van der Waals surface area contributed by atoms with Crippen LogP contribution in [0.5, 0.6) is 0 Å². The number of aryl methyl sites for hydroxylation is 1. The average molecular weight is 376 g/mol. The van der Waals surface area contributed by atoms with Gasteiger partial charge in [-0.2, -0.15) is 4.57 Å². The molecule has 0 atom stereocenters. The molecule has 6 heteroatoms. The lowest BCUT2D eigenvalue weighted by molar-refractivity contribution is -0.727. The number of benzene rings is 2. The van der Waals surface area contributed by atoms with Gasteiger partial charge in [0.2, 0.25) is 0 Å². The third-order valence-corrected chi connectivity index (χ3v) is 4.51. The minimum Gasteiger partial charge on any atom is -0.401 e. The molecule has 2 aromatic carbocycles. The van der Waals surface area contributed by atoms with E-state index < -0.39 is 11.9 Å². The fraction of sp³-hybridized carbons (Fsp3) is 0.136. The zero-order valence-electron chi connectivity index (χ0n) is 15.8. The number of para-hydroxylation sites is 1. The highest BCUT2D eigenvalue weighted by atomic mass is 16.5. The molecule has 3 N–H and O–H groups in total. The van der Waals surface area contributed by atoms with Crippen LogP contribution in [0.15, 0.2) is 67.0 Å². The van der Waals surface area contributed by atoms with Crippen LogP contribution in [0.2, 0.25) is 0 Å². The van der Waals surface area contributed by atoms with Crippen LogP contribution in [-0.4, -0.2) is 11.9 Å². The van der Waals surface area contributed by atoms with Gasteiger partial charge in [-0.25, -0.2) is 4.79 Å². The monoisotopic (exact) mass is 376 g/mol. The normalized spacial score (nSPS) is 10.4. The molecule has 1 amide bonds. The smallest absolute Gasteiger partial charge is 0.345 e.